The molecule has 2 rings (SSSR count). The van der Waals surface area contributed by atoms with E-state index in [1.54, 1.807) is 7.11 Å². The second-order valence-electron chi connectivity index (χ2n) is 4.28. The number of anilines is 1. The summed E-state index contributed by atoms with van der Waals surface area (Å²) in [6, 6.07) is 4.04. The summed E-state index contributed by atoms with van der Waals surface area (Å²) in [6.45, 7) is 5.06. The van der Waals surface area contributed by atoms with E-state index in [4.69, 9.17) is 16.3 Å². The zero-order valence-corrected chi connectivity index (χ0v) is 10.7. The molecule has 1 heterocycles. The van der Waals surface area contributed by atoms with Gasteiger partial charge in [-0.3, -0.25) is 15.2 Å². The molecule has 1 aromatic rings. The van der Waals surface area contributed by atoms with Crippen LogP contribution in [0.5, 0.6) is 0 Å². The molecule has 6 heteroatoms. The van der Waals surface area contributed by atoms with Crippen molar-refractivity contribution in [2.75, 3.05) is 19.1 Å². The van der Waals surface area contributed by atoms with Crippen LogP contribution in [0, 0.1) is 0 Å². The van der Waals surface area contributed by atoms with E-state index in [0.29, 0.717) is 5.69 Å². The van der Waals surface area contributed by atoms with Crippen molar-refractivity contribution in [1.29, 1.82) is 0 Å². The van der Waals surface area contributed by atoms with Gasteiger partial charge in [0.1, 0.15) is 0 Å². The fraction of sp³-hybridized carbons (Fsp3) is 0.417. The number of benzene rings is 1. The highest BCUT2D eigenvalue weighted by Crippen LogP contribution is 2.33. The number of aliphatic imine (C=N–C) groups is 1. The Hall–Kier alpha value is -1.79. The standard InChI is InChI=1S/C12H19N5O/c1-3-17-6-8-4-10(15-12(13)14)11(16-18-2)5-9(8)7-17/h4-5,16H,3,6-7H2,1-2H3,(H4,13,14,15). The molecule has 0 aromatic heterocycles. The van der Waals surface area contributed by atoms with Gasteiger partial charge in [0, 0.05) is 13.1 Å². The third-order valence-electron chi connectivity index (χ3n) is 3.01. The van der Waals surface area contributed by atoms with E-state index in [2.05, 4.69) is 22.3 Å². The molecule has 0 spiro atoms. The van der Waals surface area contributed by atoms with Crippen molar-refractivity contribution in [3.8, 4) is 0 Å². The predicted molar refractivity (Wildman–Crippen MR) is 72.3 cm³/mol. The first-order valence-corrected chi connectivity index (χ1v) is 5.90. The average Bonchev–Trinajstić information content (AvgIpc) is 2.71. The van der Waals surface area contributed by atoms with Gasteiger partial charge in [0.15, 0.2) is 5.96 Å². The number of fused-ring (bicyclic) bond motifs is 1. The molecule has 1 aromatic carbocycles. The number of rotatable bonds is 4. The monoisotopic (exact) mass is 249 g/mol. The molecule has 0 fully saturated rings. The van der Waals surface area contributed by atoms with Crippen LogP contribution in [0.1, 0.15) is 18.1 Å². The maximum absolute atomic E-state index is 5.44. The lowest BCUT2D eigenvalue weighted by molar-refractivity contribution is 0.271. The summed E-state index contributed by atoms with van der Waals surface area (Å²) in [5.41, 5.74) is 17.7. The van der Waals surface area contributed by atoms with E-state index in [-0.39, 0.29) is 5.96 Å². The molecule has 0 atom stereocenters. The van der Waals surface area contributed by atoms with Gasteiger partial charge in [-0.15, -0.1) is 0 Å². The van der Waals surface area contributed by atoms with Gasteiger partial charge < -0.3 is 11.5 Å². The van der Waals surface area contributed by atoms with Crippen molar-refractivity contribution >= 4 is 17.3 Å². The Morgan fingerprint density at radius 1 is 1.39 bits per heavy atom. The van der Waals surface area contributed by atoms with Crippen LogP contribution in [0.3, 0.4) is 0 Å². The Morgan fingerprint density at radius 3 is 2.61 bits per heavy atom. The highest BCUT2D eigenvalue weighted by atomic mass is 16.6. The fourth-order valence-corrected chi connectivity index (χ4v) is 2.16. The summed E-state index contributed by atoms with van der Waals surface area (Å²) in [7, 11) is 1.56. The quantitative estimate of drug-likeness (QED) is 0.419. The third-order valence-corrected chi connectivity index (χ3v) is 3.01. The van der Waals surface area contributed by atoms with Gasteiger partial charge in [0.05, 0.1) is 18.5 Å². The molecule has 1 aliphatic heterocycles. The number of hydrogen-bond donors (Lipinski definition) is 3. The van der Waals surface area contributed by atoms with E-state index in [1.165, 1.54) is 11.1 Å². The smallest absolute Gasteiger partial charge is 0.191 e. The Balaban J connectivity index is 2.39. The normalized spacial score (nSPS) is 14.3. The fourth-order valence-electron chi connectivity index (χ4n) is 2.16. The van der Waals surface area contributed by atoms with Gasteiger partial charge in [-0.05, 0) is 29.8 Å². The molecular weight excluding hydrogens is 230 g/mol. The van der Waals surface area contributed by atoms with Crippen molar-refractivity contribution < 1.29 is 4.84 Å². The van der Waals surface area contributed by atoms with Crippen molar-refractivity contribution in [1.82, 2.24) is 4.90 Å². The number of nitrogens with one attached hydrogen (secondary N) is 1. The average molecular weight is 249 g/mol. The molecule has 0 aliphatic carbocycles. The zero-order valence-electron chi connectivity index (χ0n) is 10.7. The number of hydrogen-bond acceptors (Lipinski definition) is 4. The third kappa shape index (κ3) is 2.55. The van der Waals surface area contributed by atoms with E-state index >= 15 is 0 Å². The van der Waals surface area contributed by atoms with Gasteiger partial charge in [-0.25, -0.2) is 4.99 Å². The topological polar surface area (TPSA) is 88.9 Å². The maximum Gasteiger partial charge on any atom is 0.191 e. The summed E-state index contributed by atoms with van der Waals surface area (Å²) in [5, 5.41) is 0. The van der Waals surface area contributed by atoms with E-state index in [1.807, 2.05) is 12.1 Å². The van der Waals surface area contributed by atoms with E-state index in [9.17, 15) is 0 Å². The molecular formula is C12H19N5O. The second-order valence-corrected chi connectivity index (χ2v) is 4.28. The molecule has 18 heavy (non-hydrogen) atoms. The van der Waals surface area contributed by atoms with Crippen molar-refractivity contribution in [3.05, 3.63) is 23.3 Å². The summed E-state index contributed by atoms with van der Waals surface area (Å²) >= 11 is 0. The maximum atomic E-state index is 5.44. The highest BCUT2D eigenvalue weighted by molar-refractivity contribution is 5.82. The summed E-state index contributed by atoms with van der Waals surface area (Å²) in [6.07, 6.45) is 0. The number of nitrogens with zero attached hydrogens (tertiary/aromatic N) is 2. The molecule has 0 saturated carbocycles. The van der Waals surface area contributed by atoms with Crippen molar-refractivity contribution in [2.24, 2.45) is 16.5 Å². The molecule has 1 aliphatic rings. The lowest BCUT2D eigenvalue weighted by atomic mass is 10.1. The Bertz CT molecular complexity index is 468. The predicted octanol–water partition coefficient (Wildman–Crippen LogP) is 0.900. The van der Waals surface area contributed by atoms with Gasteiger partial charge in [0.25, 0.3) is 0 Å². The lowest BCUT2D eigenvalue weighted by Gasteiger charge is -2.09. The first-order chi connectivity index (χ1) is 8.63. The molecule has 0 bridgehead atoms. The summed E-state index contributed by atoms with van der Waals surface area (Å²) in [5.74, 6) is 0.0412. The molecule has 0 unspecified atom stereocenters. The van der Waals surface area contributed by atoms with Crippen molar-refractivity contribution in [3.63, 3.8) is 0 Å². The second kappa shape index (κ2) is 5.24. The van der Waals surface area contributed by atoms with Crippen LogP contribution in [0.4, 0.5) is 11.4 Å². The summed E-state index contributed by atoms with van der Waals surface area (Å²) < 4.78 is 0. The van der Waals surface area contributed by atoms with Crippen LogP contribution in [0.2, 0.25) is 0 Å². The largest absolute Gasteiger partial charge is 0.370 e. The molecule has 6 nitrogen and oxygen atoms in total. The molecule has 0 radical (unpaired) electrons. The first-order valence-electron chi connectivity index (χ1n) is 5.90. The van der Waals surface area contributed by atoms with Crippen LogP contribution in [0.25, 0.3) is 0 Å². The van der Waals surface area contributed by atoms with Crippen LogP contribution >= 0.6 is 0 Å². The highest BCUT2D eigenvalue weighted by Gasteiger charge is 2.19. The number of nitrogens with two attached hydrogens (primary N) is 2. The van der Waals surface area contributed by atoms with Gasteiger partial charge in [-0.1, -0.05) is 6.92 Å². The van der Waals surface area contributed by atoms with Crippen LogP contribution in [-0.4, -0.2) is 24.5 Å². The molecule has 0 saturated heterocycles. The Labute approximate surface area is 107 Å². The minimum atomic E-state index is 0.0412. The van der Waals surface area contributed by atoms with E-state index < -0.39 is 0 Å². The van der Waals surface area contributed by atoms with Crippen LogP contribution in [0.15, 0.2) is 17.1 Å². The van der Waals surface area contributed by atoms with Crippen LogP contribution < -0.4 is 16.9 Å². The minimum Gasteiger partial charge on any atom is -0.370 e. The molecule has 98 valence electrons. The van der Waals surface area contributed by atoms with Gasteiger partial charge in [-0.2, -0.15) is 0 Å². The summed E-state index contributed by atoms with van der Waals surface area (Å²) in [4.78, 5) is 11.4. The molecule has 5 N–H and O–H groups in total. The zero-order chi connectivity index (χ0) is 13.1. The molecule has 0 amide bonds. The van der Waals surface area contributed by atoms with Crippen LogP contribution in [-0.2, 0) is 17.9 Å². The minimum absolute atomic E-state index is 0.0412. The number of guanidine groups is 1. The van der Waals surface area contributed by atoms with Gasteiger partial charge in [0.2, 0.25) is 0 Å². The van der Waals surface area contributed by atoms with Crippen molar-refractivity contribution in [2.45, 2.75) is 20.0 Å². The SMILES string of the molecule is CCN1Cc2cc(N=C(N)N)c(NOC)cc2C1. The Kier molecular flexibility index (Phi) is 3.69. The Morgan fingerprint density at radius 2 is 2.06 bits per heavy atom. The lowest BCUT2D eigenvalue weighted by Crippen LogP contribution is -2.22. The first kappa shape index (κ1) is 12.7. The van der Waals surface area contributed by atoms with Gasteiger partial charge >= 0.3 is 0 Å². The van der Waals surface area contributed by atoms with E-state index in [0.717, 1.165) is 25.3 Å².